The number of carbonyl (C=O) groups is 2. The van der Waals surface area contributed by atoms with Crippen LogP contribution < -0.4 is 16.0 Å². The van der Waals surface area contributed by atoms with Crippen molar-refractivity contribution in [3.63, 3.8) is 0 Å². The third kappa shape index (κ3) is 4.06. The molecule has 3 unspecified atom stereocenters. The molecule has 1 aromatic rings. The molecule has 4 atom stereocenters. The maximum absolute atomic E-state index is 12.9. The van der Waals surface area contributed by atoms with Crippen LogP contribution in [-0.2, 0) is 14.8 Å². The summed E-state index contributed by atoms with van der Waals surface area (Å²) in [4.78, 5) is 24.9. The Bertz CT molecular complexity index is 971. The lowest BCUT2D eigenvalue weighted by Crippen LogP contribution is -2.57. The fraction of sp³-hybridized carbons (Fsp3) is 0.526. The molecule has 29 heavy (non-hydrogen) atoms. The molecule has 2 aliphatic rings. The van der Waals surface area contributed by atoms with Crippen LogP contribution in [0.3, 0.4) is 0 Å². The van der Waals surface area contributed by atoms with Gasteiger partial charge in [0.05, 0.1) is 17.7 Å². The Labute approximate surface area is 170 Å². The van der Waals surface area contributed by atoms with Crippen molar-refractivity contribution in [3.05, 3.63) is 23.8 Å². The number of benzene rings is 1. The summed E-state index contributed by atoms with van der Waals surface area (Å²) in [6.07, 6.45) is 0.730. The molecule has 3 rings (SSSR count). The molecule has 156 valence electrons. The third-order valence-electron chi connectivity index (χ3n) is 5.49. The van der Waals surface area contributed by atoms with Crippen molar-refractivity contribution in [3.8, 4) is 6.07 Å². The predicted molar refractivity (Wildman–Crippen MR) is 106 cm³/mol. The monoisotopic (exact) mass is 419 g/mol. The van der Waals surface area contributed by atoms with E-state index in [2.05, 4.69) is 22.0 Å². The van der Waals surface area contributed by atoms with Crippen LogP contribution in [-0.4, -0.2) is 49.8 Å². The van der Waals surface area contributed by atoms with Gasteiger partial charge in [0.15, 0.2) is 0 Å². The van der Waals surface area contributed by atoms with Gasteiger partial charge in [-0.3, -0.25) is 4.79 Å². The van der Waals surface area contributed by atoms with E-state index in [1.165, 1.54) is 6.07 Å². The maximum Gasteiger partial charge on any atom is 0.336 e. The van der Waals surface area contributed by atoms with Gasteiger partial charge in [-0.05, 0) is 37.8 Å². The molecule has 2 heterocycles. The van der Waals surface area contributed by atoms with Gasteiger partial charge in [-0.1, -0.05) is 19.1 Å². The van der Waals surface area contributed by atoms with Crippen molar-refractivity contribution in [2.75, 3.05) is 18.4 Å². The Kier molecular flexibility index (Phi) is 5.82. The summed E-state index contributed by atoms with van der Waals surface area (Å²) in [5.74, 6) is -0.459. The fourth-order valence-corrected chi connectivity index (χ4v) is 5.74. The number of fused-ring (bicyclic) bond motifs is 1. The largest absolute Gasteiger partial charge is 0.350 e. The van der Waals surface area contributed by atoms with Crippen LogP contribution >= 0.6 is 0 Å². The van der Waals surface area contributed by atoms with Gasteiger partial charge >= 0.3 is 6.03 Å². The molecule has 0 radical (unpaired) electrons. The lowest BCUT2D eigenvalue weighted by atomic mass is 9.83. The van der Waals surface area contributed by atoms with E-state index in [4.69, 9.17) is 5.26 Å². The van der Waals surface area contributed by atoms with Gasteiger partial charge in [0, 0.05) is 18.6 Å². The molecule has 0 bridgehead atoms. The molecule has 2 aliphatic heterocycles. The van der Waals surface area contributed by atoms with Gasteiger partial charge in [0.1, 0.15) is 11.4 Å². The average molecular weight is 420 g/mol. The summed E-state index contributed by atoms with van der Waals surface area (Å²) in [7, 11) is -4.13. The lowest BCUT2D eigenvalue weighted by molar-refractivity contribution is -0.121. The number of hydrogen-bond donors (Lipinski definition) is 3. The second-order valence-corrected chi connectivity index (χ2v) is 9.52. The normalized spacial score (nSPS) is 26.6. The van der Waals surface area contributed by atoms with Gasteiger partial charge in [-0.25, -0.2) is 17.5 Å². The molecule has 0 aliphatic carbocycles. The summed E-state index contributed by atoms with van der Waals surface area (Å²) in [6.45, 7) is 5.41. The first-order valence-corrected chi connectivity index (χ1v) is 10.9. The Hall–Kier alpha value is -2.64. The molecule has 0 saturated carbocycles. The van der Waals surface area contributed by atoms with Crippen LogP contribution in [0, 0.1) is 30.1 Å². The second-order valence-electron chi connectivity index (χ2n) is 7.72. The summed E-state index contributed by atoms with van der Waals surface area (Å²) in [5.41, 5.74) is 0.709. The van der Waals surface area contributed by atoms with Crippen molar-refractivity contribution < 1.29 is 18.0 Å². The van der Waals surface area contributed by atoms with E-state index in [9.17, 15) is 18.0 Å². The molecule has 3 N–H and O–H groups in total. The van der Waals surface area contributed by atoms with Crippen LogP contribution in [0.5, 0.6) is 0 Å². The zero-order chi connectivity index (χ0) is 21.3. The number of piperidine rings is 1. The van der Waals surface area contributed by atoms with Gasteiger partial charge in [0.2, 0.25) is 5.91 Å². The number of amides is 3. The number of sulfonamides is 1. The number of anilines is 1. The summed E-state index contributed by atoms with van der Waals surface area (Å²) >= 11 is 0. The van der Waals surface area contributed by atoms with Crippen molar-refractivity contribution in [2.24, 2.45) is 11.8 Å². The van der Waals surface area contributed by atoms with Crippen LogP contribution in [0.2, 0.25) is 0 Å². The van der Waals surface area contributed by atoms with E-state index < -0.39 is 28.5 Å². The van der Waals surface area contributed by atoms with E-state index in [0.29, 0.717) is 16.4 Å². The van der Waals surface area contributed by atoms with Crippen LogP contribution in [0.15, 0.2) is 23.1 Å². The Morgan fingerprint density at radius 3 is 2.83 bits per heavy atom. The first-order valence-electron chi connectivity index (χ1n) is 9.50. The minimum atomic E-state index is -4.13. The fourth-order valence-electron chi connectivity index (χ4n) is 4.09. The zero-order valence-corrected chi connectivity index (χ0v) is 17.4. The zero-order valence-electron chi connectivity index (χ0n) is 16.6. The highest BCUT2D eigenvalue weighted by Crippen LogP contribution is 2.32. The average Bonchev–Trinajstić information content (AvgIpc) is 2.64. The van der Waals surface area contributed by atoms with E-state index in [0.717, 1.165) is 6.42 Å². The molecule has 0 spiro atoms. The number of nitriles is 1. The van der Waals surface area contributed by atoms with Gasteiger partial charge in [0.25, 0.3) is 10.0 Å². The molecule has 1 aromatic carbocycles. The Balaban J connectivity index is 1.70. The van der Waals surface area contributed by atoms with Crippen LogP contribution in [0.1, 0.15) is 25.8 Å². The van der Waals surface area contributed by atoms with E-state index in [-0.39, 0.29) is 34.5 Å². The van der Waals surface area contributed by atoms with E-state index in [1.54, 1.807) is 19.1 Å². The van der Waals surface area contributed by atoms with Crippen molar-refractivity contribution >= 4 is 27.6 Å². The SMILES string of the molecule is Cc1cccc2c1S(=O)(=O)N(CC(=O)N[C@@H](C)C1NCC(C#N)CC1C)C(=O)N2. The van der Waals surface area contributed by atoms with E-state index in [1.807, 2.05) is 13.8 Å². The highest BCUT2D eigenvalue weighted by Gasteiger charge is 2.39. The number of hydrogen-bond acceptors (Lipinski definition) is 6. The van der Waals surface area contributed by atoms with Crippen molar-refractivity contribution in [2.45, 2.75) is 44.2 Å². The topological polar surface area (TPSA) is 131 Å². The molecule has 9 nitrogen and oxygen atoms in total. The minimum absolute atomic E-state index is 0.00515. The highest BCUT2D eigenvalue weighted by molar-refractivity contribution is 7.90. The molecule has 0 aromatic heterocycles. The molecular weight excluding hydrogens is 394 g/mol. The number of nitrogens with zero attached hydrogens (tertiary/aromatic N) is 2. The quantitative estimate of drug-likeness (QED) is 0.671. The molecule has 10 heteroatoms. The third-order valence-corrected chi connectivity index (χ3v) is 7.43. The lowest BCUT2D eigenvalue weighted by Gasteiger charge is -2.37. The molecule has 1 saturated heterocycles. The number of carbonyl (C=O) groups excluding carboxylic acids is 2. The molecule has 1 fully saturated rings. The predicted octanol–water partition coefficient (Wildman–Crippen LogP) is 1.17. The van der Waals surface area contributed by atoms with Crippen LogP contribution in [0.4, 0.5) is 10.5 Å². The maximum atomic E-state index is 12.9. The number of aryl methyl sites for hydroxylation is 1. The standard InChI is InChI=1S/C19H25N5O4S/c1-11-5-4-6-15-18(11)29(27,28)24(19(26)23-15)10-16(25)22-13(3)17-12(2)7-14(8-20)9-21-17/h4-6,12-14,17,21H,7,9-10H2,1-3H3,(H,22,25)(H,23,26)/t12?,13-,14?,17?/m0/s1. The van der Waals surface area contributed by atoms with Crippen molar-refractivity contribution in [1.29, 1.82) is 5.26 Å². The Morgan fingerprint density at radius 1 is 1.45 bits per heavy atom. The van der Waals surface area contributed by atoms with Crippen LogP contribution in [0.25, 0.3) is 0 Å². The van der Waals surface area contributed by atoms with E-state index >= 15 is 0 Å². The van der Waals surface area contributed by atoms with Gasteiger partial charge in [-0.2, -0.15) is 5.26 Å². The smallest absolute Gasteiger partial charge is 0.336 e. The second kappa shape index (κ2) is 8.00. The number of urea groups is 1. The highest BCUT2D eigenvalue weighted by atomic mass is 32.2. The first-order chi connectivity index (χ1) is 13.6. The number of nitrogens with one attached hydrogen (secondary N) is 3. The first kappa shape index (κ1) is 21.1. The summed E-state index contributed by atoms with van der Waals surface area (Å²) in [6, 6.07) is 5.87. The Morgan fingerprint density at radius 2 is 2.17 bits per heavy atom. The number of rotatable bonds is 4. The van der Waals surface area contributed by atoms with Gasteiger partial charge in [-0.15, -0.1) is 0 Å². The minimum Gasteiger partial charge on any atom is -0.350 e. The molecule has 3 amide bonds. The van der Waals surface area contributed by atoms with Crippen molar-refractivity contribution in [1.82, 2.24) is 14.9 Å². The summed E-state index contributed by atoms with van der Waals surface area (Å²) in [5, 5.41) is 17.7. The molecular formula is C19H25N5O4S. The summed E-state index contributed by atoms with van der Waals surface area (Å²) < 4.78 is 26.4. The van der Waals surface area contributed by atoms with Gasteiger partial charge < -0.3 is 16.0 Å².